The summed E-state index contributed by atoms with van der Waals surface area (Å²) in [5.41, 5.74) is 4.35. The van der Waals surface area contributed by atoms with Gasteiger partial charge in [-0.05, 0) is 69.4 Å². The topological polar surface area (TPSA) is 86.8 Å². The van der Waals surface area contributed by atoms with Crippen molar-refractivity contribution in [2.24, 2.45) is 0 Å². The van der Waals surface area contributed by atoms with Gasteiger partial charge < -0.3 is 10.2 Å². The molecule has 2 rings (SSSR count). The molecule has 0 spiro atoms. The van der Waals surface area contributed by atoms with E-state index in [0.717, 1.165) is 39.2 Å². The zero-order chi connectivity index (χ0) is 26.3. The molecule has 192 valence electrons. The van der Waals surface area contributed by atoms with Crippen molar-refractivity contribution >= 4 is 27.5 Å². The number of carbonyl (C=O) groups is 2. The molecule has 8 heteroatoms. The molecule has 0 aromatic heterocycles. The lowest BCUT2D eigenvalue weighted by molar-refractivity contribution is -0.140. The predicted octanol–water partition coefficient (Wildman–Crippen LogP) is 4.10. The van der Waals surface area contributed by atoms with Crippen molar-refractivity contribution in [1.82, 2.24) is 10.2 Å². The predicted molar refractivity (Wildman–Crippen MR) is 142 cm³/mol. The van der Waals surface area contributed by atoms with E-state index in [9.17, 15) is 18.0 Å². The second-order valence-corrected chi connectivity index (χ2v) is 11.2. The van der Waals surface area contributed by atoms with Gasteiger partial charge in [0.1, 0.15) is 12.6 Å². The van der Waals surface area contributed by atoms with Gasteiger partial charge in [0.25, 0.3) is 0 Å². The van der Waals surface area contributed by atoms with Gasteiger partial charge in [0.05, 0.1) is 11.9 Å². The third-order valence-corrected chi connectivity index (χ3v) is 7.46. The zero-order valence-electron chi connectivity index (χ0n) is 22.0. The Kier molecular flexibility index (Phi) is 9.89. The molecule has 0 aliphatic heterocycles. The second-order valence-electron chi connectivity index (χ2n) is 9.29. The molecule has 0 aliphatic rings. The van der Waals surface area contributed by atoms with Crippen molar-refractivity contribution in [3.8, 4) is 0 Å². The van der Waals surface area contributed by atoms with Crippen LogP contribution in [0.5, 0.6) is 0 Å². The van der Waals surface area contributed by atoms with Gasteiger partial charge in [0.2, 0.25) is 21.8 Å². The van der Waals surface area contributed by atoms with Crippen LogP contribution in [0.2, 0.25) is 0 Å². The number of carbonyl (C=O) groups excluding carboxylic acids is 2. The van der Waals surface area contributed by atoms with E-state index < -0.39 is 22.0 Å². The van der Waals surface area contributed by atoms with Gasteiger partial charge in [-0.15, -0.1) is 0 Å². The summed E-state index contributed by atoms with van der Waals surface area (Å²) in [5, 5.41) is 2.98. The summed E-state index contributed by atoms with van der Waals surface area (Å²) in [6, 6.07) is 12.3. The van der Waals surface area contributed by atoms with Crippen molar-refractivity contribution in [1.29, 1.82) is 0 Å². The Morgan fingerprint density at radius 3 is 2.09 bits per heavy atom. The summed E-state index contributed by atoms with van der Waals surface area (Å²) in [4.78, 5) is 28.3. The first-order valence-corrected chi connectivity index (χ1v) is 13.9. The first-order chi connectivity index (χ1) is 16.4. The highest BCUT2D eigenvalue weighted by Crippen LogP contribution is 2.22. The fraction of sp³-hybridized carbons (Fsp3) is 0.481. The third-order valence-electron chi connectivity index (χ3n) is 6.32. The van der Waals surface area contributed by atoms with Crippen LogP contribution in [0.25, 0.3) is 0 Å². The summed E-state index contributed by atoms with van der Waals surface area (Å²) < 4.78 is 26.5. The molecule has 2 atom stereocenters. The minimum absolute atomic E-state index is 0.0315. The summed E-state index contributed by atoms with van der Waals surface area (Å²) in [6.45, 7) is 11.4. The highest BCUT2D eigenvalue weighted by atomic mass is 32.2. The van der Waals surface area contributed by atoms with Gasteiger partial charge in [0, 0.05) is 12.6 Å². The molecule has 0 radical (unpaired) electrons. The van der Waals surface area contributed by atoms with Crippen LogP contribution in [0.15, 0.2) is 42.5 Å². The first-order valence-electron chi connectivity index (χ1n) is 12.1. The standard InChI is InChI=1S/C27H39N3O4S/c1-8-22(6)28-27(32)25(9-2)29(17-23-13-10-19(3)11-14-23)26(31)18-30(35(7,33)34)24-15-12-20(4)21(5)16-24/h10-16,22,25H,8-9,17-18H2,1-7H3,(H,28,32)/t22-,25+/m0/s1. The molecule has 2 amide bonds. The molecule has 0 heterocycles. The van der Waals surface area contributed by atoms with Crippen LogP contribution in [0.1, 0.15) is 55.9 Å². The monoisotopic (exact) mass is 501 g/mol. The number of anilines is 1. The Bertz CT molecular complexity index is 1130. The van der Waals surface area contributed by atoms with Crippen LogP contribution >= 0.6 is 0 Å². The number of rotatable bonds is 11. The van der Waals surface area contributed by atoms with Gasteiger partial charge in [-0.3, -0.25) is 13.9 Å². The van der Waals surface area contributed by atoms with E-state index >= 15 is 0 Å². The number of amides is 2. The maximum atomic E-state index is 13.7. The average molecular weight is 502 g/mol. The number of hydrogen-bond donors (Lipinski definition) is 1. The van der Waals surface area contributed by atoms with E-state index in [1.807, 2.05) is 71.9 Å². The summed E-state index contributed by atoms with van der Waals surface area (Å²) in [6.07, 6.45) is 2.26. The molecule has 0 saturated carbocycles. The highest BCUT2D eigenvalue weighted by molar-refractivity contribution is 7.92. The maximum Gasteiger partial charge on any atom is 0.244 e. The molecule has 0 fully saturated rings. The zero-order valence-corrected chi connectivity index (χ0v) is 22.8. The quantitative estimate of drug-likeness (QED) is 0.502. The molecular formula is C27H39N3O4S. The Morgan fingerprint density at radius 1 is 0.943 bits per heavy atom. The van der Waals surface area contributed by atoms with E-state index in [0.29, 0.717) is 12.1 Å². The van der Waals surface area contributed by atoms with E-state index in [-0.39, 0.29) is 25.0 Å². The SMILES string of the molecule is CC[C@H](C(=O)N[C@@H](C)CC)N(Cc1ccc(C)cc1)C(=O)CN(c1ccc(C)c(C)c1)S(C)(=O)=O. The third kappa shape index (κ3) is 7.82. The Hall–Kier alpha value is -2.87. The summed E-state index contributed by atoms with van der Waals surface area (Å²) in [5.74, 6) is -0.667. The van der Waals surface area contributed by atoms with E-state index in [1.165, 1.54) is 4.90 Å². The van der Waals surface area contributed by atoms with Crippen molar-refractivity contribution in [3.63, 3.8) is 0 Å². The average Bonchev–Trinajstić information content (AvgIpc) is 2.79. The number of hydrogen-bond acceptors (Lipinski definition) is 4. The number of nitrogens with zero attached hydrogens (tertiary/aromatic N) is 2. The van der Waals surface area contributed by atoms with Crippen molar-refractivity contribution in [2.75, 3.05) is 17.1 Å². The molecule has 2 aromatic rings. The van der Waals surface area contributed by atoms with E-state index in [1.54, 1.807) is 12.1 Å². The molecular weight excluding hydrogens is 462 g/mol. The molecule has 0 unspecified atom stereocenters. The number of nitrogens with one attached hydrogen (secondary N) is 1. The van der Waals surface area contributed by atoms with E-state index in [4.69, 9.17) is 0 Å². The number of sulfonamides is 1. The van der Waals surface area contributed by atoms with Crippen molar-refractivity contribution < 1.29 is 18.0 Å². The molecule has 1 N–H and O–H groups in total. The molecule has 2 aromatic carbocycles. The summed E-state index contributed by atoms with van der Waals surface area (Å²) >= 11 is 0. The lowest BCUT2D eigenvalue weighted by atomic mass is 10.1. The van der Waals surface area contributed by atoms with Gasteiger partial charge in [-0.25, -0.2) is 8.42 Å². The molecule has 0 aliphatic carbocycles. The van der Waals surface area contributed by atoms with Crippen LogP contribution in [0, 0.1) is 20.8 Å². The second kappa shape index (κ2) is 12.2. The Balaban J connectivity index is 2.45. The lowest BCUT2D eigenvalue weighted by Gasteiger charge is -2.33. The smallest absolute Gasteiger partial charge is 0.244 e. The van der Waals surface area contributed by atoms with Gasteiger partial charge in [0.15, 0.2) is 0 Å². The van der Waals surface area contributed by atoms with Gasteiger partial charge >= 0.3 is 0 Å². The fourth-order valence-corrected chi connectivity index (χ4v) is 4.59. The molecule has 0 saturated heterocycles. The number of benzene rings is 2. The van der Waals surface area contributed by atoms with Crippen molar-refractivity contribution in [3.05, 3.63) is 64.7 Å². The molecule has 0 bridgehead atoms. The van der Waals surface area contributed by atoms with Crippen LogP contribution in [-0.4, -0.2) is 50.0 Å². The minimum Gasteiger partial charge on any atom is -0.352 e. The normalized spacial score (nSPS) is 13.1. The van der Waals surface area contributed by atoms with Crippen molar-refractivity contribution in [2.45, 2.75) is 73.0 Å². The lowest BCUT2D eigenvalue weighted by Crippen LogP contribution is -2.53. The van der Waals surface area contributed by atoms with Crippen LogP contribution in [0.3, 0.4) is 0 Å². The molecule has 7 nitrogen and oxygen atoms in total. The Morgan fingerprint density at radius 2 is 1.57 bits per heavy atom. The van der Waals surface area contributed by atoms with Gasteiger partial charge in [-0.2, -0.15) is 0 Å². The van der Waals surface area contributed by atoms with Gasteiger partial charge in [-0.1, -0.05) is 49.7 Å². The first kappa shape index (κ1) is 28.4. The minimum atomic E-state index is -3.74. The van der Waals surface area contributed by atoms with Crippen LogP contribution < -0.4 is 9.62 Å². The summed E-state index contributed by atoms with van der Waals surface area (Å²) in [7, 11) is -3.74. The largest absolute Gasteiger partial charge is 0.352 e. The van der Waals surface area contributed by atoms with E-state index in [2.05, 4.69) is 5.32 Å². The number of aryl methyl sites for hydroxylation is 3. The maximum absolute atomic E-state index is 13.7. The highest BCUT2D eigenvalue weighted by Gasteiger charge is 2.32. The Labute approximate surface area is 210 Å². The van der Waals surface area contributed by atoms with Crippen LogP contribution in [0.4, 0.5) is 5.69 Å². The fourth-order valence-electron chi connectivity index (χ4n) is 3.75. The molecule has 35 heavy (non-hydrogen) atoms. The van der Waals surface area contributed by atoms with Crippen LogP contribution in [-0.2, 0) is 26.2 Å².